The van der Waals surface area contributed by atoms with Crippen molar-refractivity contribution in [2.75, 3.05) is 39.9 Å². The molecule has 4 aromatic rings. The number of esters is 1. The fraction of sp³-hybridized carbons (Fsp3) is 0.531. The number of carbonyl (C=O) groups excluding carboxylic acids is 2. The summed E-state index contributed by atoms with van der Waals surface area (Å²) in [5.41, 5.74) is 9.25. The van der Waals surface area contributed by atoms with Crippen LogP contribution < -0.4 is 15.8 Å². The van der Waals surface area contributed by atoms with Gasteiger partial charge in [0, 0.05) is 36.6 Å². The van der Waals surface area contributed by atoms with Crippen molar-refractivity contribution in [1.82, 2.24) is 24.3 Å². The summed E-state index contributed by atoms with van der Waals surface area (Å²) in [6.07, 6.45) is 5.92. The molecule has 0 bridgehead atoms. The first-order chi connectivity index (χ1) is 21.0. The van der Waals surface area contributed by atoms with Gasteiger partial charge in [-0.1, -0.05) is 0 Å². The number of hydrogen-bond donors (Lipinski definition) is 2. The Hall–Kier alpha value is -3.41. The second kappa shape index (κ2) is 11.9. The summed E-state index contributed by atoms with van der Waals surface area (Å²) in [5.74, 6) is 1.79. The molecular weight excluding hydrogens is 564 g/mol. The fourth-order valence-electron chi connectivity index (χ4n) is 6.61. The third kappa shape index (κ3) is 5.65. The van der Waals surface area contributed by atoms with E-state index in [4.69, 9.17) is 20.2 Å². The monoisotopic (exact) mass is 604 g/mol. The molecule has 0 unspecified atom stereocenters. The van der Waals surface area contributed by atoms with Gasteiger partial charge in [-0.15, -0.1) is 11.3 Å². The molecule has 2 saturated heterocycles. The highest BCUT2D eigenvalue weighted by Gasteiger charge is 2.29. The molecule has 0 radical (unpaired) electrons. The molecule has 2 aliphatic heterocycles. The van der Waals surface area contributed by atoms with Crippen LogP contribution >= 0.6 is 11.3 Å². The summed E-state index contributed by atoms with van der Waals surface area (Å²) < 4.78 is 16.2. The summed E-state index contributed by atoms with van der Waals surface area (Å²) >= 11 is 1.75. The van der Waals surface area contributed by atoms with Crippen LogP contribution in [0.2, 0.25) is 0 Å². The van der Waals surface area contributed by atoms with Gasteiger partial charge < -0.3 is 34.6 Å². The Bertz CT molecular complexity index is 1650. The number of rotatable bonds is 9. The second-order valence-corrected chi connectivity index (χ2v) is 13.1. The van der Waals surface area contributed by atoms with Gasteiger partial charge in [-0.05, 0) is 87.2 Å². The number of fused-ring (bicyclic) bond motifs is 2. The van der Waals surface area contributed by atoms with Crippen molar-refractivity contribution in [3.8, 4) is 17.3 Å². The van der Waals surface area contributed by atoms with Crippen LogP contribution in [0, 0.1) is 11.8 Å². The van der Waals surface area contributed by atoms with Crippen LogP contribution in [0.15, 0.2) is 29.6 Å². The number of nitrogens with zero attached hydrogens (tertiary/aromatic N) is 4. The quantitative estimate of drug-likeness (QED) is 0.275. The predicted molar refractivity (Wildman–Crippen MR) is 167 cm³/mol. The van der Waals surface area contributed by atoms with Gasteiger partial charge in [0.25, 0.3) is 5.91 Å². The van der Waals surface area contributed by atoms with E-state index < -0.39 is 0 Å². The standard InChI is InChI=1S/C32H40N6O4S/c1-41-27-17-23(30(39)36-11-2-3-24(33)19-36)15-25-28(27)37(12-13-42-32(40)21-6-9-34-10-7-21)29(35-25)26-16-22-8-14-43-31(22)38(26)18-20-4-5-20/h8,14-17,20-21,24,34H,2-7,9-13,18-19,33H2,1H3/t24-/m1/s1. The average Bonchev–Trinajstić information content (AvgIpc) is 3.45. The van der Waals surface area contributed by atoms with E-state index in [9.17, 15) is 9.59 Å². The normalized spacial score (nSPS) is 19.8. The van der Waals surface area contributed by atoms with Gasteiger partial charge in [0.15, 0.2) is 5.82 Å². The molecule has 1 atom stereocenters. The van der Waals surface area contributed by atoms with E-state index in [2.05, 4.69) is 32.0 Å². The van der Waals surface area contributed by atoms with Crippen LogP contribution in [-0.4, -0.2) is 76.8 Å². The number of imidazole rings is 1. The maximum atomic E-state index is 13.6. The third-order valence-electron chi connectivity index (χ3n) is 9.12. The molecule has 3 aromatic heterocycles. The lowest BCUT2D eigenvalue weighted by Crippen LogP contribution is -2.45. The first-order valence-electron chi connectivity index (χ1n) is 15.6. The highest BCUT2D eigenvalue weighted by Crippen LogP contribution is 2.39. The highest BCUT2D eigenvalue weighted by atomic mass is 32.1. The van der Waals surface area contributed by atoms with Crippen LogP contribution in [-0.2, 0) is 22.6 Å². The zero-order valence-corrected chi connectivity index (χ0v) is 25.5. The van der Waals surface area contributed by atoms with Gasteiger partial charge in [-0.3, -0.25) is 9.59 Å². The number of ether oxygens (including phenoxy) is 2. The summed E-state index contributed by atoms with van der Waals surface area (Å²) in [6.45, 7) is 4.53. The van der Waals surface area contributed by atoms with E-state index in [1.165, 1.54) is 23.1 Å². The Morgan fingerprint density at radius 3 is 2.72 bits per heavy atom. The number of piperidine rings is 2. The molecule has 1 amide bonds. The smallest absolute Gasteiger partial charge is 0.309 e. The Morgan fingerprint density at radius 1 is 1.12 bits per heavy atom. The van der Waals surface area contributed by atoms with Crippen molar-refractivity contribution in [3.05, 3.63) is 35.2 Å². The van der Waals surface area contributed by atoms with E-state index >= 15 is 0 Å². The van der Waals surface area contributed by atoms with Crippen molar-refractivity contribution in [1.29, 1.82) is 0 Å². The average molecular weight is 605 g/mol. The van der Waals surface area contributed by atoms with Gasteiger partial charge in [0.05, 0.1) is 30.8 Å². The lowest BCUT2D eigenvalue weighted by atomic mass is 9.99. The van der Waals surface area contributed by atoms with E-state index in [1.807, 2.05) is 17.0 Å². The number of nitrogens with two attached hydrogens (primary N) is 1. The van der Waals surface area contributed by atoms with E-state index in [1.54, 1.807) is 18.4 Å². The summed E-state index contributed by atoms with van der Waals surface area (Å²) in [5, 5.41) is 6.63. The number of hydrogen-bond acceptors (Lipinski definition) is 8. The number of likely N-dealkylation sites (tertiary alicyclic amines) is 1. The second-order valence-electron chi connectivity index (χ2n) is 12.2. The van der Waals surface area contributed by atoms with Crippen molar-refractivity contribution in [2.24, 2.45) is 17.6 Å². The van der Waals surface area contributed by atoms with Crippen molar-refractivity contribution in [3.63, 3.8) is 0 Å². The van der Waals surface area contributed by atoms with Crippen molar-refractivity contribution < 1.29 is 19.1 Å². The predicted octanol–water partition coefficient (Wildman–Crippen LogP) is 4.24. The topological polar surface area (TPSA) is 117 Å². The maximum Gasteiger partial charge on any atom is 0.309 e. The number of carbonyl (C=O) groups is 2. The molecule has 7 rings (SSSR count). The fourth-order valence-corrected chi connectivity index (χ4v) is 7.52. The van der Waals surface area contributed by atoms with Gasteiger partial charge in [0.1, 0.15) is 22.7 Å². The number of methoxy groups -OCH3 is 1. The first kappa shape index (κ1) is 28.4. The number of nitrogens with one attached hydrogen (secondary N) is 1. The van der Waals surface area contributed by atoms with Gasteiger partial charge in [0.2, 0.25) is 0 Å². The van der Waals surface area contributed by atoms with Crippen LogP contribution in [0.1, 0.15) is 48.9 Å². The Kier molecular flexibility index (Phi) is 7.87. The molecule has 1 aromatic carbocycles. The minimum Gasteiger partial charge on any atom is -0.494 e. The zero-order valence-electron chi connectivity index (χ0n) is 24.7. The summed E-state index contributed by atoms with van der Waals surface area (Å²) in [4.78, 5) is 34.7. The van der Waals surface area contributed by atoms with E-state index in [0.29, 0.717) is 42.4 Å². The number of benzene rings is 1. The number of amides is 1. The highest BCUT2D eigenvalue weighted by molar-refractivity contribution is 7.16. The van der Waals surface area contributed by atoms with Crippen LogP contribution in [0.5, 0.6) is 5.75 Å². The van der Waals surface area contributed by atoms with E-state index in [0.717, 1.165) is 62.4 Å². The summed E-state index contributed by atoms with van der Waals surface area (Å²) in [6, 6.07) is 8.05. The Labute approximate surface area is 255 Å². The summed E-state index contributed by atoms with van der Waals surface area (Å²) in [7, 11) is 1.62. The minimum atomic E-state index is -0.135. The molecule has 3 N–H and O–H groups in total. The maximum absolute atomic E-state index is 13.6. The minimum absolute atomic E-state index is 0.00477. The molecule has 11 heteroatoms. The van der Waals surface area contributed by atoms with Crippen LogP contribution in [0.25, 0.3) is 32.8 Å². The molecule has 228 valence electrons. The largest absolute Gasteiger partial charge is 0.494 e. The molecule has 5 heterocycles. The Balaban J connectivity index is 1.28. The third-order valence-corrected chi connectivity index (χ3v) is 10.1. The molecule has 1 aliphatic carbocycles. The molecule has 43 heavy (non-hydrogen) atoms. The zero-order chi connectivity index (χ0) is 29.5. The molecule has 3 aliphatic rings. The molecule has 10 nitrogen and oxygen atoms in total. The SMILES string of the molecule is COc1cc(C(=O)N2CCC[C@@H](N)C2)cc2nc(-c3cc4ccsc4n3CC3CC3)n(CCOC(=O)C3CCNCC3)c12. The number of thiophene rings is 1. The van der Waals surface area contributed by atoms with Crippen molar-refractivity contribution in [2.45, 2.75) is 57.7 Å². The van der Waals surface area contributed by atoms with Gasteiger partial charge in [-0.25, -0.2) is 4.98 Å². The first-order valence-corrected chi connectivity index (χ1v) is 16.5. The van der Waals surface area contributed by atoms with Gasteiger partial charge >= 0.3 is 5.97 Å². The number of aromatic nitrogens is 3. The molecule has 3 fully saturated rings. The molecule has 1 saturated carbocycles. The van der Waals surface area contributed by atoms with Gasteiger partial charge in [-0.2, -0.15) is 0 Å². The van der Waals surface area contributed by atoms with Crippen LogP contribution in [0.4, 0.5) is 0 Å². The van der Waals surface area contributed by atoms with E-state index in [-0.39, 0.29) is 30.4 Å². The molecular formula is C32H40N6O4S. The Morgan fingerprint density at radius 2 is 1.95 bits per heavy atom. The molecule has 0 spiro atoms. The van der Waals surface area contributed by atoms with Crippen LogP contribution in [0.3, 0.4) is 0 Å². The lowest BCUT2D eigenvalue weighted by molar-refractivity contribution is -0.149. The van der Waals surface area contributed by atoms with Crippen molar-refractivity contribution >= 4 is 44.5 Å². The lowest BCUT2D eigenvalue weighted by Gasteiger charge is -2.30.